The molecule has 2 aromatic rings. The van der Waals surface area contributed by atoms with Crippen molar-refractivity contribution in [2.24, 2.45) is 0 Å². The first kappa shape index (κ1) is 23.9. The van der Waals surface area contributed by atoms with Gasteiger partial charge in [-0.1, -0.05) is 6.42 Å². The molecule has 1 aliphatic rings. The normalized spacial score (nSPS) is 19.3. The standard InChI is InChI=1S/C23H30N2O6S/c1-15-7-6-8-16(2)25(15)32(27,28)19-11-9-18(10-12-19)24-23(26)17-13-20(29-3)22(31-5)21(14-17)30-4/h9-16H,6-8H2,1-5H3,(H,24,26). The number of anilines is 1. The summed E-state index contributed by atoms with van der Waals surface area (Å²) in [6.07, 6.45) is 2.74. The Hall–Kier alpha value is -2.78. The molecule has 0 saturated carbocycles. The number of nitrogens with one attached hydrogen (secondary N) is 1. The number of nitrogens with zero attached hydrogens (tertiary/aromatic N) is 1. The molecule has 0 radical (unpaired) electrons. The molecule has 32 heavy (non-hydrogen) atoms. The van der Waals surface area contributed by atoms with Gasteiger partial charge in [0, 0.05) is 23.3 Å². The molecule has 2 atom stereocenters. The van der Waals surface area contributed by atoms with Crippen LogP contribution in [0.1, 0.15) is 43.5 Å². The van der Waals surface area contributed by atoms with Gasteiger partial charge in [0.05, 0.1) is 26.2 Å². The summed E-state index contributed by atoms with van der Waals surface area (Å²) >= 11 is 0. The molecule has 8 nitrogen and oxygen atoms in total. The number of benzene rings is 2. The first-order valence-corrected chi connectivity index (χ1v) is 11.9. The summed E-state index contributed by atoms with van der Waals surface area (Å²) in [4.78, 5) is 13.0. The first-order chi connectivity index (χ1) is 15.2. The van der Waals surface area contributed by atoms with Crippen molar-refractivity contribution in [1.29, 1.82) is 0 Å². The largest absolute Gasteiger partial charge is 0.493 e. The van der Waals surface area contributed by atoms with Crippen LogP contribution in [0.15, 0.2) is 41.3 Å². The van der Waals surface area contributed by atoms with Crippen molar-refractivity contribution < 1.29 is 27.4 Å². The van der Waals surface area contributed by atoms with Gasteiger partial charge in [-0.15, -0.1) is 0 Å². The molecule has 2 aromatic carbocycles. The van der Waals surface area contributed by atoms with Crippen LogP contribution in [0.3, 0.4) is 0 Å². The van der Waals surface area contributed by atoms with Crippen LogP contribution in [-0.4, -0.2) is 52.0 Å². The van der Waals surface area contributed by atoms with E-state index in [1.807, 2.05) is 13.8 Å². The molecule has 2 unspecified atom stereocenters. The molecule has 1 N–H and O–H groups in total. The lowest BCUT2D eigenvalue weighted by Crippen LogP contribution is -2.47. The number of rotatable bonds is 7. The molecular weight excluding hydrogens is 432 g/mol. The zero-order valence-electron chi connectivity index (χ0n) is 19.0. The van der Waals surface area contributed by atoms with Crippen LogP contribution >= 0.6 is 0 Å². The highest BCUT2D eigenvalue weighted by Gasteiger charge is 2.35. The predicted molar refractivity (Wildman–Crippen MR) is 122 cm³/mol. The average Bonchev–Trinajstić information content (AvgIpc) is 2.78. The molecule has 0 spiro atoms. The summed E-state index contributed by atoms with van der Waals surface area (Å²) in [5.74, 6) is 0.729. The zero-order chi connectivity index (χ0) is 23.5. The van der Waals surface area contributed by atoms with E-state index in [1.165, 1.54) is 33.5 Å². The minimum Gasteiger partial charge on any atom is -0.493 e. The topological polar surface area (TPSA) is 94.2 Å². The van der Waals surface area contributed by atoms with E-state index in [9.17, 15) is 13.2 Å². The minimum absolute atomic E-state index is 0.0387. The van der Waals surface area contributed by atoms with E-state index in [-0.39, 0.29) is 17.0 Å². The van der Waals surface area contributed by atoms with Gasteiger partial charge in [-0.05, 0) is 63.1 Å². The lowest BCUT2D eigenvalue weighted by Gasteiger charge is -2.37. The molecule has 0 bridgehead atoms. The fourth-order valence-electron chi connectivity index (χ4n) is 4.12. The summed E-state index contributed by atoms with van der Waals surface area (Å²) in [5.41, 5.74) is 0.787. The second kappa shape index (κ2) is 9.79. The number of hydrogen-bond acceptors (Lipinski definition) is 6. The van der Waals surface area contributed by atoms with Crippen molar-refractivity contribution in [2.75, 3.05) is 26.6 Å². The predicted octanol–water partition coefficient (Wildman–Crippen LogP) is 3.92. The van der Waals surface area contributed by atoms with Gasteiger partial charge in [-0.3, -0.25) is 4.79 Å². The molecule has 3 rings (SSSR count). The average molecular weight is 463 g/mol. The number of piperidine rings is 1. The van der Waals surface area contributed by atoms with Gasteiger partial charge in [-0.25, -0.2) is 8.42 Å². The lowest BCUT2D eigenvalue weighted by molar-refractivity contribution is 0.102. The molecule has 9 heteroatoms. The van der Waals surface area contributed by atoms with Crippen molar-refractivity contribution in [3.8, 4) is 17.2 Å². The van der Waals surface area contributed by atoms with Gasteiger partial charge in [0.15, 0.2) is 11.5 Å². The monoisotopic (exact) mass is 462 g/mol. The van der Waals surface area contributed by atoms with Gasteiger partial charge < -0.3 is 19.5 Å². The van der Waals surface area contributed by atoms with Gasteiger partial charge in [0.1, 0.15) is 0 Å². The van der Waals surface area contributed by atoms with Crippen LogP contribution < -0.4 is 19.5 Å². The molecule has 0 aromatic heterocycles. The summed E-state index contributed by atoms with van der Waals surface area (Å²) < 4.78 is 43.8. The number of ether oxygens (including phenoxy) is 3. The van der Waals surface area contributed by atoms with Crippen molar-refractivity contribution >= 4 is 21.6 Å². The molecule has 1 aliphatic heterocycles. The summed E-state index contributed by atoms with van der Waals surface area (Å²) in [6, 6.07) is 9.24. The Balaban J connectivity index is 1.81. The number of hydrogen-bond donors (Lipinski definition) is 1. The SMILES string of the molecule is COc1cc(C(=O)Nc2ccc(S(=O)(=O)N3C(C)CCCC3C)cc2)cc(OC)c1OC. The van der Waals surface area contributed by atoms with Crippen LogP contribution in [0, 0.1) is 0 Å². The quantitative estimate of drug-likeness (QED) is 0.670. The van der Waals surface area contributed by atoms with Crippen molar-refractivity contribution in [1.82, 2.24) is 4.31 Å². The number of sulfonamides is 1. The van der Waals surface area contributed by atoms with E-state index in [2.05, 4.69) is 5.32 Å². The number of methoxy groups -OCH3 is 3. The molecule has 174 valence electrons. The Bertz CT molecular complexity index is 1030. The van der Waals surface area contributed by atoms with Gasteiger partial charge >= 0.3 is 0 Å². The second-order valence-corrected chi connectivity index (χ2v) is 9.70. The van der Waals surface area contributed by atoms with Gasteiger partial charge in [0.2, 0.25) is 15.8 Å². The Morgan fingerprint density at radius 3 is 1.94 bits per heavy atom. The summed E-state index contributed by atoms with van der Waals surface area (Å²) in [6.45, 7) is 3.89. The number of carbonyl (C=O) groups is 1. The minimum atomic E-state index is -3.61. The van der Waals surface area contributed by atoms with Crippen molar-refractivity contribution in [3.63, 3.8) is 0 Å². The van der Waals surface area contributed by atoms with Crippen molar-refractivity contribution in [2.45, 2.75) is 50.1 Å². The lowest BCUT2D eigenvalue weighted by atomic mass is 10.0. The van der Waals surface area contributed by atoms with E-state index in [1.54, 1.807) is 28.6 Å². The maximum absolute atomic E-state index is 13.2. The van der Waals surface area contributed by atoms with E-state index in [0.717, 1.165) is 19.3 Å². The third-order valence-electron chi connectivity index (χ3n) is 5.73. The molecule has 1 heterocycles. The first-order valence-electron chi connectivity index (χ1n) is 10.5. The number of amides is 1. The Morgan fingerprint density at radius 2 is 1.47 bits per heavy atom. The summed E-state index contributed by atoms with van der Waals surface area (Å²) in [5, 5.41) is 2.77. The Labute approximate surface area is 189 Å². The Morgan fingerprint density at radius 1 is 0.938 bits per heavy atom. The zero-order valence-corrected chi connectivity index (χ0v) is 19.9. The van der Waals surface area contributed by atoms with E-state index in [4.69, 9.17) is 14.2 Å². The van der Waals surface area contributed by atoms with Crippen LogP contribution in [0.5, 0.6) is 17.2 Å². The van der Waals surface area contributed by atoms with E-state index < -0.39 is 15.9 Å². The Kier molecular flexibility index (Phi) is 7.30. The van der Waals surface area contributed by atoms with E-state index >= 15 is 0 Å². The third-order valence-corrected chi connectivity index (χ3v) is 7.87. The molecule has 0 aliphatic carbocycles. The van der Waals surface area contributed by atoms with Gasteiger partial charge in [0.25, 0.3) is 5.91 Å². The van der Waals surface area contributed by atoms with Gasteiger partial charge in [-0.2, -0.15) is 4.31 Å². The third kappa shape index (κ3) is 4.68. The fraction of sp³-hybridized carbons (Fsp3) is 0.435. The highest BCUT2D eigenvalue weighted by molar-refractivity contribution is 7.89. The van der Waals surface area contributed by atoms with Crippen LogP contribution in [0.4, 0.5) is 5.69 Å². The highest BCUT2D eigenvalue weighted by Crippen LogP contribution is 2.38. The molecular formula is C23H30N2O6S. The highest BCUT2D eigenvalue weighted by atomic mass is 32.2. The van der Waals surface area contributed by atoms with Crippen LogP contribution in [-0.2, 0) is 10.0 Å². The fourth-order valence-corrected chi connectivity index (χ4v) is 6.00. The van der Waals surface area contributed by atoms with Crippen LogP contribution in [0.25, 0.3) is 0 Å². The molecule has 1 saturated heterocycles. The maximum atomic E-state index is 13.2. The smallest absolute Gasteiger partial charge is 0.255 e. The molecule has 1 amide bonds. The number of carbonyl (C=O) groups excluding carboxylic acids is 1. The van der Waals surface area contributed by atoms with E-state index in [0.29, 0.717) is 28.5 Å². The maximum Gasteiger partial charge on any atom is 0.255 e. The van der Waals surface area contributed by atoms with Crippen molar-refractivity contribution in [3.05, 3.63) is 42.0 Å². The summed E-state index contributed by atoms with van der Waals surface area (Å²) in [7, 11) is 0.826. The second-order valence-electron chi connectivity index (χ2n) is 7.86. The molecule has 1 fully saturated rings. The van der Waals surface area contributed by atoms with Crippen LogP contribution in [0.2, 0.25) is 0 Å².